The van der Waals surface area contributed by atoms with E-state index in [1.807, 2.05) is 19.1 Å². The summed E-state index contributed by atoms with van der Waals surface area (Å²) in [5.74, 6) is 2.56. The zero-order valence-corrected chi connectivity index (χ0v) is 17.3. The number of nitrogens with zero attached hydrogens (tertiary/aromatic N) is 5. The molecule has 0 spiro atoms. The van der Waals surface area contributed by atoms with Crippen LogP contribution in [0.2, 0.25) is 0 Å². The van der Waals surface area contributed by atoms with Crippen LogP contribution in [0.1, 0.15) is 5.69 Å². The summed E-state index contributed by atoms with van der Waals surface area (Å²) in [6.07, 6.45) is 0. The van der Waals surface area contributed by atoms with Gasteiger partial charge in [0, 0.05) is 50.1 Å². The van der Waals surface area contributed by atoms with Crippen LogP contribution in [0.25, 0.3) is 10.9 Å². The zero-order valence-electron chi connectivity index (χ0n) is 17.3. The molecule has 0 unspecified atom stereocenters. The molecule has 0 amide bonds. The van der Waals surface area contributed by atoms with Gasteiger partial charge in [0.25, 0.3) is 5.56 Å². The van der Waals surface area contributed by atoms with Crippen LogP contribution in [-0.4, -0.2) is 68.5 Å². The molecule has 0 radical (unpaired) electrons. The number of rotatable bonds is 5. The Labute approximate surface area is 177 Å². The van der Waals surface area contributed by atoms with Crippen LogP contribution in [0.15, 0.2) is 35.1 Å². The van der Waals surface area contributed by atoms with Crippen molar-refractivity contribution in [3.8, 4) is 11.8 Å². The van der Waals surface area contributed by atoms with Gasteiger partial charge >= 0.3 is 6.01 Å². The SMILES string of the molecule is Cc1cc(Nc2cc(N3CCN(C)CC3)nc(Oc3ccc4c(=O)[nH][nH]c4c3)n2)n[nH]1. The Hall–Kier alpha value is -3.86. The number of likely N-dealkylation sites (N-methyl/N-ethyl adjacent to an activating group) is 1. The van der Waals surface area contributed by atoms with Crippen molar-refractivity contribution in [1.29, 1.82) is 0 Å². The van der Waals surface area contributed by atoms with E-state index in [-0.39, 0.29) is 11.6 Å². The maximum Gasteiger partial charge on any atom is 0.325 e. The third kappa shape index (κ3) is 4.08. The summed E-state index contributed by atoms with van der Waals surface area (Å²) in [7, 11) is 2.11. The average Bonchev–Trinajstić information content (AvgIpc) is 3.33. The summed E-state index contributed by atoms with van der Waals surface area (Å²) >= 11 is 0. The second-order valence-electron chi connectivity index (χ2n) is 7.63. The van der Waals surface area contributed by atoms with E-state index in [0.29, 0.717) is 28.3 Å². The second kappa shape index (κ2) is 7.76. The molecule has 11 heteroatoms. The van der Waals surface area contributed by atoms with Crippen LogP contribution < -0.4 is 20.5 Å². The quantitative estimate of drug-likeness (QED) is 0.385. The lowest BCUT2D eigenvalue weighted by Gasteiger charge is -2.33. The van der Waals surface area contributed by atoms with Crippen molar-refractivity contribution in [2.24, 2.45) is 0 Å². The molecule has 1 aliphatic rings. The number of anilines is 3. The van der Waals surface area contributed by atoms with Gasteiger partial charge in [-0.05, 0) is 26.1 Å². The largest absolute Gasteiger partial charge is 0.424 e. The van der Waals surface area contributed by atoms with Crippen molar-refractivity contribution >= 4 is 28.4 Å². The summed E-state index contributed by atoms with van der Waals surface area (Å²) < 4.78 is 5.97. The molecule has 0 bridgehead atoms. The minimum Gasteiger partial charge on any atom is -0.424 e. The predicted molar refractivity (Wildman–Crippen MR) is 117 cm³/mol. The van der Waals surface area contributed by atoms with Gasteiger partial charge in [0.15, 0.2) is 5.82 Å². The standard InChI is InChI=1S/C20H23N9O2/c1-12-9-17(26-24-12)21-16-11-18(29-7-5-28(2)6-8-29)23-20(22-16)31-13-3-4-14-15(10-13)25-27-19(14)30/h3-4,9-11H,5-8H2,1-2H3,(H2,25,27,30)(H2,21,22,23,24,26). The van der Waals surface area contributed by atoms with E-state index in [9.17, 15) is 4.79 Å². The molecule has 4 heterocycles. The summed E-state index contributed by atoms with van der Waals surface area (Å²) in [6, 6.07) is 9.17. The van der Waals surface area contributed by atoms with Crippen LogP contribution in [0, 0.1) is 6.92 Å². The first kappa shape index (κ1) is 19.1. The topological polar surface area (TPSA) is 131 Å². The van der Waals surface area contributed by atoms with Crippen molar-refractivity contribution in [2.75, 3.05) is 43.4 Å². The van der Waals surface area contributed by atoms with E-state index < -0.39 is 0 Å². The first-order valence-corrected chi connectivity index (χ1v) is 10.0. The Morgan fingerprint density at radius 1 is 1.03 bits per heavy atom. The lowest BCUT2D eigenvalue weighted by molar-refractivity contribution is 0.311. The second-order valence-corrected chi connectivity index (χ2v) is 7.63. The molecule has 3 aromatic heterocycles. The Kier molecular flexibility index (Phi) is 4.79. The number of H-pyrrole nitrogens is 3. The maximum absolute atomic E-state index is 11.7. The highest BCUT2D eigenvalue weighted by Gasteiger charge is 2.18. The van der Waals surface area contributed by atoms with Crippen molar-refractivity contribution in [2.45, 2.75) is 6.92 Å². The van der Waals surface area contributed by atoms with E-state index in [1.54, 1.807) is 18.2 Å². The molecule has 1 aliphatic heterocycles. The van der Waals surface area contributed by atoms with Crippen LogP contribution in [-0.2, 0) is 0 Å². The zero-order chi connectivity index (χ0) is 21.4. The fraction of sp³-hybridized carbons (Fsp3) is 0.300. The smallest absolute Gasteiger partial charge is 0.325 e. The van der Waals surface area contributed by atoms with Crippen LogP contribution in [0.5, 0.6) is 11.8 Å². The van der Waals surface area contributed by atoms with Gasteiger partial charge in [0.1, 0.15) is 17.4 Å². The van der Waals surface area contributed by atoms with Gasteiger partial charge in [-0.25, -0.2) is 0 Å². The molecule has 160 valence electrons. The molecule has 0 saturated carbocycles. The van der Waals surface area contributed by atoms with Crippen molar-refractivity contribution in [3.63, 3.8) is 0 Å². The van der Waals surface area contributed by atoms with E-state index >= 15 is 0 Å². The minimum atomic E-state index is -0.171. The molecule has 0 aliphatic carbocycles. The van der Waals surface area contributed by atoms with Crippen LogP contribution >= 0.6 is 0 Å². The highest BCUT2D eigenvalue weighted by molar-refractivity contribution is 5.79. The molecule has 1 saturated heterocycles. The van der Waals surface area contributed by atoms with E-state index in [0.717, 1.165) is 37.7 Å². The normalized spacial score (nSPS) is 14.8. The summed E-state index contributed by atoms with van der Waals surface area (Å²) in [5, 5.41) is 16.3. The first-order chi connectivity index (χ1) is 15.0. The van der Waals surface area contributed by atoms with E-state index in [2.05, 4.69) is 52.5 Å². The number of hydrogen-bond acceptors (Lipinski definition) is 8. The Morgan fingerprint density at radius 3 is 2.65 bits per heavy atom. The first-order valence-electron chi connectivity index (χ1n) is 10.0. The molecule has 4 aromatic rings. The Balaban J connectivity index is 1.47. The average molecular weight is 421 g/mol. The van der Waals surface area contributed by atoms with Gasteiger partial charge in [-0.15, -0.1) is 0 Å². The monoisotopic (exact) mass is 421 g/mol. The maximum atomic E-state index is 11.7. The van der Waals surface area contributed by atoms with Crippen molar-refractivity contribution in [1.82, 2.24) is 35.3 Å². The molecule has 1 aromatic carbocycles. The molecular formula is C20H23N9O2. The lowest BCUT2D eigenvalue weighted by atomic mass is 10.2. The van der Waals surface area contributed by atoms with Gasteiger partial charge < -0.3 is 19.9 Å². The highest BCUT2D eigenvalue weighted by atomic mass is 16.5. The van der Waals surface area contributed by atoms with Gasteiger partial charge in [0.05, 0.1) is 10.9 Å². The Morgan fingerprint density at radius 2 is 1.87 bits per heavy atom. The fourth-order valence-electron chi connectivity index (χ4n) is 3.52. The molecule has 31 heavy (non-hydrogen) atoms. The number of fused-ring (bicyclic) bond motifs is 1. The molecule has 5 rings (SSSR count). The number of aromatic amines is 3. The van der Waals surface area contributed by atoms with E-state index in [4.69, 9.17) is 4.74 Å². The Bertz CT molecular complexity index is 1270. The molecule has 11 nitrogen and oxygen atoms in total. The summed E-state index contributed by atoms with van der Waals surface area (Å²) in [6.45, 7) is 5.58. The predicted octanol–water partition coefficient (Wildman–Crippen LogP) is 1.97. The minimum absolute atomic E-state index is 0.171. The van der Waals surface area contributed by atoms with E-state index in [1.165, 1.54) is 0 Å². The third-order valence-electron chi connectivity index (χ3n) is 5.24. The molecular weight excluding hydrogens is 398 g/mol. The number of ether oxygens (including phenoxy) is 1. The third-order valence-corrected chi connectivity index (χ3v) is 5.24. The lowest BCUT2D eigenvalue weighted by Crippen LogP contribution is -2.44. The van der Waals surface area contributed by atoms with Crippen molar-refractivity contribution in [3.05, 3.63) is 46.4 Å². The van der Waals surface area contributed by atoms with Gasteiger partial charge in [-0.2, -0.15) is 15.1 Å². The number of piperazine rings is 1. The highest BCUT2D eigenvalue weighted by Crippen LogP contribution is 2.27. The van der Waals surface area contributed by atoms with Gasteiger partial charge in [-0.3, -0.25) is 20.1 Å². The summed E-state index contributed by atoms with van der Waals surface area (Å²) in [5.41, 5.74) is 1.43. The summed E-state index contributed by atoms with van der Waals surface area (Å²) in [4.78, 5) is 25.4. The fourth-order valence-corrected chi connectivity index (χ4v) is 3.52. The van der Waals surface area contributed by atoms with Crippen LogP contribution in [0.4, 0.5) is 17.5 Å². The number of aromatic nitrogens is 6. The number of nitrogens with one attached hydrogen (secondary N) is 4. The number of aryl methyl sites for hydroxylation is 1. The van der Waals surface area contributed by atoms with Gasteiger partial charge in [0.2, 0.25) is 0 Å². The van der Waals surface area contributed by atoms with Crippen molar-refractivity contribution < 1.29 is 4.74 Å². The number of benzene rings is 1. The molecule has 0 atom stereocenters. The molecule has 1 fully saturated rings. The number of hydrogen-bond donors (Lipinski definition) is 4. The molecule has 4 N–H and O–H groups in total. The van der Waals surface area contributed by atoms with Gasteiger partial charge in [-0.1, -0.05) is 0 Å². The van der Waals surface area contributed by atoms with Crippen LogP contribution in [0.3, 0.4) is 0 Å².